The molecule has 100 valence electrons. The highest BCUT2D eigenvalue weighted by molar-refractivity contribution is 5.93. The van der Waals surface area contributed by atoms with Gasteiger partial charge in [0.25, 0.3) is 0 Å². The van der Waals surface area contributed by atoms with Crippen LogP contribution in [0.25, 0.3) is 0 Å². The summed E-state index contributed by atoms with van der Waals surface area (Å²) in [5.74, 6) is 0. The summed E-state index contributed by atoms with van der Waals surface area (Å²) in [7, 11) is 1.79. The standard InChI is InChI=1S/C17H16N2O/c1-19-13-17(12-18-16(19)20,14-8-4-2-5-9-14)15-10-6-3-7-11-15/h2-12H,13H2,1H3. The smallest absolute Gasteiger partial charge is 0.324 e. The van der Waals surface area contributed by atoms with Crippen molar-refractivity contribution in [1.82, 2.24) is 4.90 Å². The second kappa shape index (κ2) is 4.93. The van der Waals surface area contributed by atoms with Gasteiger partial charge < -0.3 is 4.90 Å². The summed E-state index contributed by atoms with van der Waals surface area (Å²) in [5, 5.41) is 0. The van der Waals surface area contributed by atoms with E-state index in [0.717, 1.165) is 11.1 Å². The van der Waals surface area contributed by atoms with E-state index in [4.69, 9.17) is 0 Å². The maximum atomic E-state index is 11.7. The van der Waals surface area contributed by atoms with Gasteiger partial charge in [-0.2, -0.15) is 0 Å². The minimum atomic E-state index is -0.370. The van der Waals surface area contributed by atoms with Crippen LogP contribution in [0.4, 0.5) is 4.79 Å². The molecule has 3 nitrogen and oxygen atoms in total. The summed E-state index contributed by atoms with van der Waals surface area (Å²) in [6.07, 6.45) is 1.79. The molecule has 1 heterocycles. The molecule has 0 saturated heterocycles. The number of benzene rings is 2. The Labute approximate surface area is 118 Å². The number of amides is 2. The Bertz CT molecular complexity index is 595. The van der Waals surface area contributed by atoms with Crippen LogP contribution in [0.15, 0.2) is 65.7 Å². The number of urea groups is 1. The summed E-state index contributed by atoms with van der Waals surface area (Å²) < 4.78 is 0. The first-order chi connectivity index (χ1) is 9.72. The van der Waals surface area contributed by atoms with E-state index in [1.165, 1.54) is 0 Å². The van der Waals surface area contributed by atoms with Crippen LogP contribution in [-0.4, -0.2) is 30.7 Å². The van der Waals surface area contributed by atoms with E-state index in [2.05, 4.69) is 29.3 Å². The molecule has 3 heteroatoms. The van der Waals surface area contributed by atoms with Gasteiger partial charge in [0, 0.05) is 19.8 Å². The zero-order valence-electron chi connectivity index (χ0n) is 11.4. The fraction of sp³-hybridized carbons (Fsp3) is 0.176. The van der Waals surface area contributed by atoms with E-state index in [1.807, 2.05) is 36.4 Å². The van der Waals surface area contributed by atoms with Gasteiger partial charge >= 0.3 is 6.03 Å². The summed E-state index contributed by atoms with van der Waals surface area (Å²) in [6.45, 7) is 0.601. The highest BCUT2D eigenvalue weighted by atomic mass is 16.2. The van der Waals surface area contributed by atoms with Crippen LogP contribution in [0.1, 0.15) is 11.1 Å². The SMILES string of the molecule is CN1CC(c2ccccc2)(c2ccccc2)C=NC1=O. The predicted octanol–water partition coefficient (Wildman–Crippen LogP) is 3.11. The maximum Gasteiger partial charge on any atom is 0.343 e. The average molecular weight is 264 g/mol. The van der Waals surface area contributed by atoms with Crippen LogP contribution >= 0.6 is 0 Å². The Kier molecular flexibility index (Phi) is 3.11. The van der Waals surface area contributed by atoms with Crippen LogP contribution in [0.3, 0.4) is 0 Å². The lowest BCUT2D eigenvalue weighted by Crippen LogP contribution is -2.47. The van der Waals surface area contributed by atoms with Gasteiger partial charge in [-0.3, -0.25) is 0 Å². The molecule has 0 bridgehead atoms. The quantitative estimate of drug-likeness (QED) is 0.820. The molecule has 0 N–H and O–H groups in total. The van der Waals surface area contributed by atoms with Crippen molar-refractivity contribution in [1.29, 1.82) is 0 Å². The number of aliphatic imine (C=N–C) groups is 1. The summed E-state index contributed by atoms with van der Waals surface area (Å²) in [5.41, 5.74) is 1.93. The largest absolute Gasteiger partial charge is 0.343 e. The monoisotopic (exact) mass is 264 g/mol. The second-order valence-corrected chi connectivity index (χ2v) is 5.10. The highest BCUT2D eigenvalue weighted by Crippen LogP contribution is 2.33. The van der Waals surface area contributed by atoms with Gasteiger partial charge in [0.05, 0.1) is 5.41 Å². The number of nitrogens with zero attached hydrogens (tertiary/aromatic N) is 2. The van der Waals surface area contributed by atoms with Gasteiger partial charge in [0.15, 0.2) is 0 Å². The van der Waals surface area contributed by atoms with Crippen molar-refractivity contribution in [3.05, 3.63) is 71.8 Å². The van der Waals surface area contributed by atoms with Crippen molar-refractivity contribution in [2.45, 2.75) is 5.41 Å². The minimum Gasteiger partial charge on any atom is -0.324 e. The minimum absolute atomic E-state index is 0.188. The average Bonchev–Trinajstić information content (AvgIpc) is 2.52. The first-order valence-electron chi connectivity index (χ1n) is 6.64. The lowest BCUT2D eigenvalue weighted by molar-refractivity contribution is 0.211. The molecule has 0 saturated carbocycles. The zero-order valence-corrected chi connectivity index (χ0v) is 11.4. The number of rotatable bonds is 2. The van der Waals surface area contributed by atoms with Crippen LogP contribution < -0.4 is 0 Å². The number of hydrogen-bond acceptors (Lipinski definition) is 1. The predicted molar refractivity (Wildman–Crippen MR) is 80.2 cm³/mol. The number of hydrogen-bond donors (Lipinski definition) is 0. The first-order valence-corrected chi connectivity index (χ1v) is 6.64. The van der Waals surface area contributed by atoms with Crippen molar-refractivity contribution >= 4 is 12.2 Å². The summed E-state index contributed by atoms with van der Waals surface area (Å²) >= 11 is 0. The Morgan fingerprint density at radius 2 is 1.45 bits per heavy atom. The lowest BCUT2D eigenvalue weighted by Gasteiger charge is -2.37. The van der Waals surface area contributed by atoms with Gasteiger partial charge in [-0.05, 0) is 11.1 Å². The fourth-order valence-electron chi connectivity index (χ4n) is 2.72. The molecule has 2 aromatic carbocycles. The number of carbonyl (C=O) groups is 1. The third-order valence-electron chi connectivity index (χ3n) is 3.79. The van der Waals surface area contributed by atoms with E-state index in [-0.39, 0.29) is 11.4 Å². The third kappa shape index (κ3) is 2.01. The van der Waals surface area contributed by atoms with Crippen LogP contribution in [0, 0.1) is 0 Å². The topological polar surface area (TPSA) is 32.7 Å². The molecule has 1 aliphatic heterocycles. The zero-order chi connectivity index (χ0) is 14.0. The molecule has 0 radical (unpaired) electrons. The molecule has 2 amide bonds. The molecule has 20 heavy (non-hydrogen) atoms. The van der Waals surface area contributed by atoms with Crippen molar-refractivity contribution in [3.63, 3.8) is 0 Å². The fourth-order valence-corrected chi connectivity index (χ4v) is 2.72. The summed E-state index contributed by atoms with van der Waals surface area (Å²) in [6, 6.07) is 20.2. The van der Waals surface area contributed by atoms with E-state index >= 15 is 0 Å². The maximum absolute atomic E-state index is 11.7. The van der Waals surface area contributed by atoms with E-state index in [9.17, 15) is 4.79 Å². The van der Waals surface area contributed by atoms with Gasteiger partial charge in [-0.1, -0.05) is 60.7 Å². The molecule has 1 aliphatic rings. The first kappa shape index (κ1) is 12.6. The van der Waals surface area contributed by atoms with Crippen molar-refractivity contribution < 1.29 is 4.79 Å². The molecule has 0 unspecified atom stereocenters. The van der Waals surface area contributed by atoms with Crippen LogP contribution in [-0.2, 0) is 5.41 Å². The van der Waals surface area contributed by atoms with Crippen LogP contribution in [0.5, 0.6) is 0 Å². The van der Waals surface area contributed by atoms with E-state index in [1.54, 1.807) is 18.2 Å². The normalized spacial score (nSPS) is 17.2. The third-order valence-corrected chi connectivity index (χ3v) is 3.79. The Morgan fingerprint density at radius 1 is 0.950 bits per heavy atom. The van der Waals surface area contributed by atoms with Gasteiger partial charge in [0.2, 0.25) is 0 Å². The van der Waals surface area contributed by atoms with Crippen molar-refractivity contribution in [3.8, 4) is 0 Å². The lowest BCUT2D eigenvalue weighted by atomic mass is 9.74. The molecule has 0 atom stereocenters. The molecule has 0 aromatic heterocycles. The highest BCUT2D eigenvalue weighted by Gasteiger charge is 2.37. The van der Waals surface area contributed by atoms with Gasteiger partial charge in [-0.15, -0.1) is 0 Å². The van der Waals surface area contributed by atoms with Gasteiger partial charge in [-0.25, -0.2) is 9.79 Å². The molecular weight excluding hydrogens is 248 g/mol. The molecule has 0 spiro atoms. The van der Waals surface area contributed by atoms with E-state index < -0.39 is 0 Å². The van der Waals surface area contributed by atoms with Crippen LogP contribution in [0.2, 0.25) is 0 Å². The second-order valence-electron chi connectivity index (χ2n) is 5.10. The molecule has 3 rings (SSSR count). The molecule has 2 aromatic rings. The Balaban J connectivity index is 2.19. The molecule has 0 fully saturated rings. The Hall–Kier alpha value is -2.42. The number of carbonyl (C=O) groups excluding carboxylic acids is 1. The molecule has 0 aliphatic carbocycles. The van der Waals surface area contributed by atoms with Crippen molar-refractivity contribution in [2.75, 3.05) is 13.6 Å². The van der Waals surface area contributed by atoms with Crippen molar-refractivity contribution in [2.24, 2.45) is 4.99 Å². The van der Waals surface area contributed by atoms with Gasteiger partial charge in [0.1, 0.15) is 0 Å². The Morgan fingerprint density at radius 3 is 1.90 bits per heavy atom. The van der Waals surface area contributed by atoms with E-state index in [0.29, 0.717) is 6.54 Å². The number of likely N-dealkylation sites (N-methyl/N-ethyl adjacent to an activating group) is 1. The summed E-state index contributed by atoms with van der Waals surface area (Å²) in [4.78, 5) is 17.4. The molecular formula is C17H16N2O.